The van der Waals surface area contributed by atoms with Crippen molar-refractivity contribution in [2.24, 2.45) is 0 Å². The topological polar surface area (TPSA) is 51.8 Å². The molecule has 1 aliphatic rings. The summed E-state index contributed by atoms with van der Waals surface area (Å²) in [6.07, 6.45) is 2.39. The van der Waals surface area contributed by atoms with Gasteiger partial charge in [-0.05, 0) is 18.9 Å². The minimum absolute atomic E-state index is 0.317. The Morgan fingerprint density at radius 2 is 2.07 bits per heavy atom. The third-order valence-electron chi connectivity index (χ3n) is 2.69. The average molecular weight is 220 g/mol. The van der Waals surface area contributed by atoms with Gasteiger partial charge in [0, 0.05) is 11.3 Å². The van der Waals surface area contributed by atoms with Crippen LogP contribution < -0.4 is 5.73 Å². The minimum atomic E-state index is 0.317. The highest BCUT2D eigenvalue weighted by atomic mass is 35.5. The molecule has 15 heavy (non-hydrogen) atoms. The van der Waals surface area contributed by atoms with Crippen LogP contribution in [-0.4, -0.2) is 9.97 Å². The maximum Gasteiger partial charge on any atom is 0.220 e. The second kappa shape index (κ2) is 3.07. The number of rotatable bonds is 1. The third-order valence-corrected chi connectivity index (χ3v) is 2.99. The molecule has 3 nitrogen and oxygen atoms in total. The van der Waals surface area contributed by atoms with Gasteiger partial charge in [-0.1, -0.05) is 23.7 Å². The fourth-order valence-corrected chi connectivity index (χ4v) is 2.04. The Labute approximate surface area is 92.3 Å². The first kappa shape index (κ1) is 8.92. The monoisotopic (exact) mass is 219 g/mol. The molecule has 1 heterocycles. The van der Waals surface area contributed by atoms with E-state index in [9.17, 15) is 0 Å². The molecule has 1 aromatic carbocycles. The van der Waals surface area contributed by atoms with Crippen molar-refractivity contribution in [3.63, 3.8) is 0 Å². The molecule has 0 bridgehead atoms. The predicted molar refractivity (Wildman–Crippen MR) is 60.9 cm³/mol. The molecule has 0 spiro atoms. The van der Waals surface area contributed by atoms with Gasteiger partial charge in [0.05, 0.1) is 16.2 Å². The summed E-state index contributed by atoms with van der Waals surface area (Å²) in [5, 5.41) is 1.68. The summed E-state index contributed by atoms with van der Waals surface area (Å²) >= 11 is 6.08. The van der Waals surface area contributed by atoms with Gasteiger partial charge in [-0.15, -0.1) is 0 Å². The van der Waals surface area contributed by atoms with E-state index in [-0.39, 0.29) is 0 Å². The summed E-state index contributed by atoms with van der Waals surface area (Å²) in [7, 11) is 0. The van der Waals surface area contributed by atoms with E-state index in [0.29, 0.717) is 16.9 Å². The second-order valence-corrected chi connectivity index (χ2v) is 4.28. The van der Waals surface area contributed by atoms with E-state index in [2.05, 4.69) is 9.97 Å². The van der Waals surface area contributed by atoms with Crippen LogP contribution >= 0.6 is 11.6 Å². The maximum absolute atomic E-state index is 6.08. The van der Waals surface area contributed by atoms with Crippen molar-refractivity contribution < 1.29 is 0 Å². The van der Waals surface area contributed by atoms with E-state index in [1.54, 1.807) is 0 Å². The number of anilines is 1. The summed E-state index contributed by atoms with van der Waals surface area (Å²) in [6.45, 7) is 0. The van der Waals surface area contributed by atoms with Crippen molar-refractivity contribution in [3.8, 4) is 0 Å². The van der Waals surface area contributed by atoms with Crippen LogP contribution in [0.4, 0.5) is 5.95 Å². The van der Waals surface area contributed by atoms with Crippen LogP contribution in [0.25, 0.3) is 10.9 Å². The van der Waals surface area contributed by atoms with E-state index in [1.165, 1.54) is 12.8 Å². The fraction of sp³-hybridized carbons (Fsp3) is 0.273. The number of benzene rings is 1. The molecule has 4 heteroatoms. The van der Waals surface area contributed by atoms with E-state index < -0.39 is 0 Å². The van der Waals surface area contributed by atoms with Crippen molar-refractivity contribution in [1.29, 1.82) is 0 Å². The molecule has 2 aromatic rings. The van der Waals surface area contributed by atoms with Gasteiger partial charge in [0.2, 0.25) is 5.95 Å². The van der Waals surface area contributed by atoms with Crippen LogP contribution in [0.15, 0.2) is 18.2 Å². The molecular formula is C11H10ClN3. The van der Waals surface area contributed by atoms with E-state index >= 15 is 0 Å². The molecule has 1 fully saturated rings. The fourth-order valence-electron chi connectivity index (χ4n) is 1.83. The molecule has 0 atom stereocenters. The lowest BCUT2D eigenvalue weighted by Crippen LogP contribution is -2.00. The van der Waals surface area contributed by atoms with Gasteiger partial charge in [-0.25, -0.2) is 9.97 Å². The highest BCUT2D eigenvalue weighted by Gasteiger charge is 2.27. The molecule has 1 aliphatic carbocycles. The number of nitrogens with zero attached hydrogens (tertiary/aromatic N) is 2. The molecule has 0 unspecified atom stereocenters. The molecule has 0 radical (unpaired) electrons. The van der Waals surface area contributed by atoms with Crippen molar-refractivity contribution >= 4 is 28.5 Å². The Balaban J connectivity index is 2.38. The van der Waals surface area contributed by atoms with Gasteiger partial charge >= 0.3 is 0 Å². The summed E-state index contributed by atoms with van der Waals surface area (Å²) in [5.74, 6) is 0.869. The number of halogens is 1. The smallest absolute Gasteiger partial charge is 0.220 e. The number of aromatic nitrogens is 2. The number of hydrogen-bond acceptors (Lipinski definition) is 3. The molecule has 1 aromatic heterocycles. The molecule has 76 valence electrons. The summed E-state index contributed by atoms with van der Waals surface area (Å²) < 4.78 is 0. The minimum Gasteiger partial charge on any atom is -0.368 e. The zero-order chi connectivity index (χ0) is 10.4. The number of nitrogen functional groups attached to an aromatic ring is 1. The van der Waals surface area contributed by atoms with Crippen molar-refractivity contribution in [2.75, 3.05) is 5.73 Å². The molecular weight excluding hydrogens is 210 g/mol. The van der Waals surface area contributed by atoms with Gasteiger partial charge < -0.3 is 5.73 Å². The SMILES string of the molecule is Nc1nc(C2CC2)c2cccc(Cl)c2n1. The van der Waals surface area contributed by atoms with Crippen molar-refractivity contribution in [1.82, 2.24) is 9.97 Å². The zero-order valence-corrected chi connectivity index (χ0v) is 8.83. The first-order valence-corrected chi connectivity index (χ1v) is 5.35. The van der Waals surface area contributed by atoms with E-state index in [0.717, 1.165) is 16.6 Å². The van der Waals surface area contributed by atoms with Crippen LogP contribution in [-0.2, 0) is 0 Å². The molecule has 0 amide bonds. The summed E-state index contributed by atoms with van der Waals surface area (Å²) in [4.78, 5) is 8.49. The predicted octanol–water partition coefficient (Wildman–Crippen LogP) is 2.74. The number of para-hydroxylation sites is 1. The van der Waals surface area contributed by atoms with Crippen LogP contribution in [0.1, 0.15) is 24.5 Å². The van der Waals surface area contributed by atoms with Gasteiger partial charge in [0.25, 0.3) is 0 Å². The number of fused-ring (bicyclic) bond motifs is 1. The van der Waals surface area contributed by atoms with Crippen LogP contribution in [0.2, 0.25) is 5.02 Å². The highest BCUT2D eigenvalue weighted by molar-refractivity contribution is 6.35. The molecule has 2 N–H and O–H groups in total. The first-order valence-electron chi connectivity index (χ1n) is 4.97. The van der Waals surface area contributed by atoms with Crippen LogP contribution in [0.5, 0.6) is 0 Å². The van der Waals surface area contributed by atoms with Crippen LogP contribution in [0, 0.1) is 0 Å². The quantitative estimate of drug-likeness (QED) is 0.803. The van der Waals surface area contributed by atoms with Gasteiger partial charge in [-0.3, -0.25) is 0 Å². The Bertz CT molecular complexity index is 535. The average Bonchev–Trinajstić information content (AvgIpc) is 3.02. The lowest BCUT2D eigenvalue weighted by Gasteiger charge is -2.06. The molecule has 3 rings (SSSR count). The van der Waals surface area contributed by atoms with Gasteiger partial charge in [-0.2, -0.15) is 0 Å². The molecule has 0 saturated heterocycles. The Hall–Kier alpha value is -1.35. The number of nitrogens with two attached hydrogens (primary N) is 1. The van der Waals surface area contributed by atoms with E-state index in [4.69, 9.17) is 17.3 Å². The molecule has 1 saturated carbocycles. The van der Waals surface area contributed by atoms with Crippen LogP contribution in [0.3, 0.4) is 0 Å². The Morgan fingerprint density at radius 3 is 2.80 bits per heavy atom. The standard InChI is InChI=1S/C11H10ClN3/c12-8-3-1-2-7-9(6-4-5-6)14-11(13)15-10(7)8/h1-3,6H,4-5H2,(H2,13,14,15). The van der Waals surface area contributed by atoms with Gasteiger partial charge in [0.15, 0.2) is 0 Å². The Kier molecular flexibility index (Phi) is 1.83. The highest BCUT2D eigenvalue weighted by Crippen LogP contribution is 2.42. The summed E-state index contributed by atoms with van der Waals surface area (Å²) in [5.41, 5.74) is 7.51. The van der Waals surface area contributed by atoms with Crippen molar-refractivity contribution in [3.05, 3.63) is 28.9 Å². The lowest BCUT2D eigenvalue weighted by atomic mass is 10.1. The zero-order valence-electron chi connectivity index (χ0n) is 8.07. The largest absolute Gasteiger partial charge is 0.368 e. The number of hydrogen-bond donors (Lipinski definition) is 1. The maximum atomic E-state index is 6.08. The van der Waals surface area contributed by atoms with Gasteiger partial charge in [0.1, 0.15) is 0 Å². The normalized spacial score (nSPS) is 15.8. The summed E-state index contributed by atoms with van der Waals surface area (Å²) in [6, 6.07) is 5.76. The third kappa shape index (κ3) is 1.43. The van der Waals surface area contributed by atoms with Crippen molar-refractivity contribution in [2.45, 2.75) is 18.8 Å². The molecule has 0 aliphatic heterocycles. The second-order valence-electron chi connectivity index (χ2n) is 3.88. The van der Waals surface area contributed by atoms with E-state index in [1.807, 2.05) is 18.2 Å². The first-order chi connectivity index (χ1) is 7.25. The Morgan fingerprint density at radius 1 is 1.27 bits per heavy atom. The lowest BCUT2D eigenvalue weighted by molar-refractivity contribution is 1.03.